The van der Waals surface area contributed by atoms with E-state index in [2.05, 4.69) is 27.7 Å². The Labute approximate surface area is 196 Å². The summed E-state index contributed by atoms with van der Waals surface area (Å²) >= 11 is 0. The normalized spacial score (nSPS) is 51.7. The summed E-state index contributed by atoms with van der Waals surface area (Å²) in [6.45, 7) is 12.6. The molecule has 0 bridgehead atoms. The standard InChI is InChI=1S/C28H38O5/c1-14-11-20-26(4,24(33)21(14)31)8-10-28(6)23-19(30)12-16-15(2)22(32)18(29)13-17(16)25(23,3)7-9-27(20,28)5/h12-14,19-20,23-24,30,32-33H,7-11H2,1-6H3. The van der Waals surface area contributed by atoms with Crippen molar-refractivity contribution < 1.29 is 24.9 Å². The van der Waals surface area contributed by atoms with Crippen LogP contribution in [0.1, 0.15) is 73.6 Å². The molecular weight excluding hydrogens is 416 g/mol. The minimum atomic E-state index is -0.932. The zero-order valence-electron chi connectivity index (χ0n) is 20.7. The first-order valence-corrected chi connectivity index (χ1v) is 12.5. The first-order chi connectivity index (χ1) is 15.2. The highest BCUT2D eigenvalue weighted by molar-refractivity contribution is 6.06. The first kappa shape index (κ1) is 23.0. The van der Waals surface area contributed by atoms with E-state index in [1.54, 1.807) is 13.0 Å². The van der Waals surface area contributed by atoms with Gasteiger partial charge in [0.05, 0.1) is 6.10 Å². The zero-order chi connectivity index (χ0) is 24.3. The lowest BCUT2D eigenvalue weighted by Crippen LogP contribution is -2.69. The minimum absolute atomic E-state index is 0.0279. The van der Waals surface area contributed by atoms with Gasteiger partial charge < -0.3 is 15.3 Å². The number of allylic oxidation sites excluding steroid dienone is 4. The van der Waals surface area contributed by atoms with Crippen LogP contribution in [0.25, 0.3) is 0 Å². The van der Waals surface area contributed by atoms with Crippen molar-refractivity contribution in [2.24, 2.45) is 39.4 Å². The molecular formula is C28H38O5. The molecule has 9 unspecified atom stereocenters. The summed E-state index contributed by atoms with van der Waals surface area (Å²) in [5.74, 6) is -0.680. The highest BCUT2D eigenvalue weighted by Crippen LogP contribution is 2.75. The third kappa shape index (κ3) is 2.56. The smallest absolute Gasteiger partial charge is 0.220 e. The molecule has 0 saturated heterocycles. The summed E-state index contributed by atoms with van der Waals surface area (Å²) in [6.07, 6.45) is 5.88. The predicted molar refractivity (Wildman–Crippen MR) is 125 cm³/mol. The van der Waals surface area contributed by atoms with Gasteiger partial charge in [-0.3, -0.25) is 9.59 Å². The van der Waals surface area contributed by atoms with E-state index >= 15 is 0 Å². The van der Waals surface area contributed by atoms with Crippen LogP contribution in [0.3, 0.4) is 0 Å². The lowest BCUT2D eigenvalue weighted by atomic mass is 9.32. The number of fused-ring (bicyclic) bond motifs is 7. The largest absolute Gasteiger partial charge is 0.504 e. The Bertz CT molecular complexity index is 1050. The van der Waals surface area contributed by atoms with Crippen LogP contribution in [0.15, 0.2) is 34.6 Å². The molecule has 0 radical (unpaired) electrons. The number of aliphatic hydroxyl groups is 3. The number of hydrogen-bond acceptors (Lipinski definition) is 5. The predicted octanol–water partition coefficient (Wildman–Crippen LogP) is 4.44. The molecule has 5 nitrogen and oxygen atoms in total. The topological polar surface area (TPSA) is 94.8 Å². The molecule has 3 saturated carbocycles. The maximum absolute atomic E-state index is 12.7. The van der Waals surface area contributed by atoms with E-state index in [0.717, 1.165) is 43.3 Å². The fourth-order valence-electron chi connectivity index (χ4n) is 9.19. The Morgan fingerprint density at radius 1 is 0.970 bits per heavy atom. The minimum Gasteiger partial charge on any atom is -0.504 e. The van der Waals surface area contributed by atoms with E-state index in [-0.39, 0.29) is 45.9 Å². The van der Waals surface area contributed by atoms with E-state index in [9.17, 15) is 24.9 Å². The molecule has 33 heavy (non-hydrogen) atoms. The van der Waals surface area contributed by atoms with E-state index < -0.39 is 23.0 Å². The summed E-state index contributed by atoms with van der Waals surface area (Å²) in [6, 6.07) is 0. The molecule has 0 amide bonds. The average Bonchev–Trinajstić information content (AvgIpc) is 2.75. The molecule has 9 atom stereocenters. The molecule has 0 aromatic carbocycles. The number of carbonyl (C=O) groups is 2. The lowest BCUT2D eigenvalue weighted by molar-refractivity contribution is -0.239. The second-order valence-electron chi connectivity index (χ2n) is 12.7. The summed E-state index contributed by atoms with van der Waals surface area (Å²) < 4.78 is 0. The van der Waals surface area contributed by atoms with Crippen molar-refractivity contribution in [3.63, 3.8) is 0 Å². The Balaban J connectivity index is 1.65. The third-order valence-corrected chi connectivity index (χ3v) is 11.4. The fraction of sp³-hybridized carbons (Fsp3) is 0.714. The van der Waals surface area contributed by atoms with E-state index in [1.165, 1.54) is 0 Å². The van der Waals surface area contributed by atoms with E-state index in [0.29, 0.717) is 5.57 Å². The summed E-state index contributed by atoms with van der Waals surface area (Å²) in [4.78, 5) is 25.3. The van der Waals surface area contributed by atoms with Crippen molar-refractivity contribution >= 4 is 11.6 Å². The Kier molecular flexibility index (Phi) is 4.67. The summed E-state index contributed by atoms with van der Waals surface area (Å²) in [5, 5.41) is 33.0. The molecule has 5 aliphatic carbocycles. The number of hydrogen-bond donors (Lipinski definition) is 3. The van der Waals surface area contributed by atoms with Gasteiger partial charge in [0.2, 0.25) is 5.78 Å². The number of ketones is 2. The lowest BCUT2D eigenvalue weighted by Gasteiger charge is -2.72. The highest BCUT2D eigenvalue weighted by Gasteiger charge is 2.71. The Hall–Kier alpha value is -1.72. The van der Waals surface area contributed by atoms with Gasteiger partial charge in [0.1, 0.15) is 6.10 Å². The van der Waals surface area contributed by atoms with Gasteiger partial charge in [-0.25, -0.2) is 0 Å². The number of rotatable bonds is 0. The van der Waals surface area contributed by atoms with Crippen LogP contribution in [-0.4, -0.2) is 39.1 Å². The van der Waals surface area contributed by atoms with Gasteiger partial charge in [0, 0.05) is 22.8 Å². The van der Waals surface area contributed by atoms with Gasteiger partial charge in [-0.05, 0) is 84.5 Å². The van der Waals surface area contributed by atoms with Crippen molar-refractivity contribution in [1.82, 2.24) is 0 Å². The second-order valence-corrected chi connectivity index (χ2v) is 12.7. The van der Waals surface area contributed by atoms with Crippen molar-refractivity contribution in [3.05, 3.63) is 34.6 Å². The molecule has 0 aliphatic heterocycles. The van der Waals surface area contributed by atoms with Crippen LogP contribution in [0.2, 0.25) is 0 Å². The number of aliphatic hydroxyl groups excluding tert-OH is 3. The van der Waals surface area contributed by atoms with Crippen LogP contribution < -0.4 is 0 Å². The fourth-order valence-corrected chi connectivity index (χ4v) is 9.19. The van der Waals surface area contributed by atoms with Crippen molar-refractivity contribution in [2.45, 2.75) is 85.9 Å². The van der Waals surface area contributed by atoms with Gasteiger partial charge in [0.25, 0.3) is 0 Å². The maximum Gasteiger partial charge on any atom is 0.220 e. The van der Waals surface area contributed by atoms with Crippen molar-refractivity contribution in [2.75, 3.05) is 0 Å². The zero-order valence-corrected chi connectivity index (χ0v) is 20.7. The van der Waals surface area contributed by atoms with Crippen LogP contribution in [0, 0.1) is 39.4 Å². The van der Waals surface area contributed by atoms with Gasteiger partial charge >= 0.3 is 0 Å². The van der Waals surface area contributed by atoms with Crippen LogP contribution in [-0.2, 0) is 9.59 Å². The van der Waals surface area contributed by atoms with Gasteiger partial charge in [-0.15, -0.1) is 0 Å². The molecule has 0 heterocycles. The highest BCUT2D eigenvalue weighted by atomic mass is 16.3. The second kappa shape index (κ2) is 6.69. The first-order valence-electron chi connectivity index (χ1n) is 12.5. The Morgan fingerprint density at radius 3 is 2.27 bits per heavy atom. The average molecular weight is 455 g/mol. The van der Waals surface area contributed by atoms with Crippen LogP contribution in [0.5, 0.6) is 0 Å². The molecule has 0 spiro atoms. The Morgan fingerprint density at radius 2 is 1.61 bits per heavy atom. The molecule has 5 aliphatic rings. The van der Waals surface area contributed by atoms with Crippen LogP contribution >= 0.6 is 0 Å². The third-order valence-electron chi connectivity index (χ3n) is 11.4. The molecule has 5 heteroatoms. The molecule has 3 fully saturated rings. The van der Waals surface area contributed by atoms with Crippen LogP contribution in [0.4, 0.5) is 0 Å². The van der Waals surface area contributed by atoms with Gasteiger partial charge in [0.15, 0.2) is 11.5 Å². The molecule has 5 rings (SSSR count). The van der Waals surface area contributed by atoms with Crippen molar-refractivity contribution in [3.8, 4) is 0 Å². The molecule has 0 aromatic heterocycles. The molecule has 0 aromatic rings. The number of Topliss-reactive ketones (excluding diaryl/α,β-unsaturated/α-hetero) is 1. The summed E-state index contributed by atoms with van der Waals surface area (Å²) in [5.41, 5.74) is 1.08. The van der Waals surface area contributed by atoms with E-state index in [4.69, 9.17) is 0 Å². The quantitative estimate of drug-likeness (QED) is 0.503. The maximum atomic E-state index is 12.7. The van der Waals surface area contributed by atoms with Gasteiger partial charge in [-0.1, -0.05) is 34.6 Å². The number of carbonyl (C=O) groups excluding carboxylic acids is 2. The molecule has 180 valence electrons. The molecule has 3 N–H and O–H groups in total. The van der Waals surface area contributed by atoms with E-state index in [1.807, 2.05) is 13.0 Å². The monoisotopic (exact) mass is 454 g/mol. The summed E-state index contributed by atoms with van der Waals surface area (Å²) in [7, 11) is 0. The van der Waals surface area contributed by atoms with Crippen molar-refractivity contribution in [1.29, 1.82) is 0 Å². The van der Waals surface area contributed by atoms with Gasteiger partial charge in [-0.2, -0.15) is 0 Å². The SMILES string of the molecule is CC1=C(O)C(=O)C=C2C1=CC(O)C1C2(C)CCC2(C)C3CC(C)C(=O)C(O)C3(C)CCC12C.